The lowest BCUT2D eigenvalue weighted by molar-refractivity contribution is 0.0666. The Balaban J connectivity index is 1.41. The Labute approximate surface area is 173 Å². The Morgan fingerprint density at radius 3 is 2.73 bits per heavy atom. The van der Waals surface area contributed by atoms with Gasteiger partial charge in [-0.15, -0.1) is 10.2 Å². The van der Waals surface area contributed by atoms with Crippen molar-refractivity contribution in [2.45, 2.75) is 25.9 Å². The molecule has 0 radical (unpaired) electrons. The molecule has 30 heavy (non-hydrogen) atoms. The quantitative estimate of drug-likeness (QED) is 0.570. The number of aromatic amines is 1. The minimum Gasteiger partial charge on any atom is -0.328 e. The lowest BCUT2D eigenvalue weighted by atomic mass is 10.0. The summed E-state index contributed by atoms with van der Waals surface area (Å²) in [6.07, 6.45) is 2.51. The van der Waals surface area contributed by atoms with Gasteiger partial charge in [0.2, 0.25) is 0 Å². The number of hydrogen-bond donors (Lipinski definition) is 1. The third kappa shape index (κ3) is 3.36. The normalized spacial score (nSPS) is 15.8. The molecule has 5 rings (SSSR count). The number of amides is 1. The molecule has 1 N–H and O–H groups in total. The van der Waals surface area contributed by atoms with Crippen LogP contribution in [0.3, 0.4) is 0 Å². The molecule has 0 fully saturated rings. The highest BCUT2D eigenvalue weighted by Gasteiger charge is 2.32. The maximum Gasteiger partial charge on any atom is 0.272 e. The molecule has 150 valence electrons. The van der Waals surface area contributed by atoms with Crippen LogP contribution in [0.1, 0.15) is 33.7 Å². The summed E-state index contributed by atoms with van der Waals surface area (Å²) in [6.45, 7) is 2.96. The zero-order valence-electron chi connectivity index (χ0n) is 16.6. The van der Waals surface area contributed by atoms with Crippen molar-refractivity contribution in [2.24, 2.45) is 0 Å². The molecule has 3 aromatic heterocycles. The van der Waals surface area contributed by atoms with Gasteiger partial charge in [0.25, 0.3) is 5.91 Å². The molecule has 0 saturated carbocycles. The summed E-state index contributed by atoms with van der Waals surface area (Å²) in [5.41, 5.74) is 3.04. The van der Waals surface area contributed by atoms with E-state index < -0.39 is 0 Å². The maximum absolute atomic E-state index is 13.2. The zero-order valence-corrected chi connectivity index (χ0v) is 16.6. The molecule has 0 spiro atoms. The number of nitrogens with zero attached hydrogens (tertiary/aromatic N) is 6. The summed E-state index contributed by atoms with van der Waals surface area (Å²) in [7, 11) is 0. The van der Waals surface area contributed by atoms with Crippen LogP contribution in [0.25, 0.3) is 11.4 Å². The number of benzene rings is 1. The standard InChI is InChI=1S/C22H21N7O/c1-15-24-27-21-14-28(13-17(29(15)21)11-16-7-3-2-4-8-16)22(30)20-12-19(25-26-20)18-9-5-6-10-23-18/h2-10,12,17H,11,13-14H2,1H3,(H,25,26)/t17-/m1/s1. The summed E-state index contributed by atoms with van der Waals surface area (Å²) in [5, 5.41) is 15.7. The van der Waals surface area contributed by atoms with Crippen LogP contribution in [0.5, 0.6) is 0 Å². The SMILES string of the molecule is Cc1nnc2n1[C@H](Cc1ccccc1)CN(C(=O)c1cc(-c3ccccn3)n[nH]1)C2. The lowest BCUT2D eigenvalue weighted by Crippen LogP contribution is -2.42. The molecule has 0 unspecified atom stereocenters. The Kier molecular flexibility index (Phi) is 4.59. The number of carbonyl (C=O) groups excluding carboxylic acids is 1. The number of H-pyrrole nitrogens is 1. The van der Waals surface area contributed by atoms with E-state index in [2.05, 4.69) is 42.1 Å². The van der Waals surface area contributed by atoms with E-state index in [0.717, 1.165) is 23.8 Å². The van der Waals surface area contributed by atoms with E-state index in [4.69, 9.17) is 0 Å². The fourth-order valence-electron chi connectivity index (χ4n) is 4.01. The average molecular weight is 399 g/mol. The summed E-state index contributed by atoms with van der Waals surface area (Å²) >= 11 is 0. The fraction of sp³-hybridized carbons (Fsp3) is 0.227. The molecule has 8 heteroatoms. The van der Waals surface area contributed by atoms with Crippen LogP contribution in [-0.2, 0) is 13.0 Å². The predicted molar refractivity (Wildman–Crippen MR) is 111 cm³/mol. The van der Waals surface area contributed by atoms with Gasteiger partial charge in [0.1, 0.15) is 17.2 Å². The third-order valence-electron chi connectivity index (χ3n) is 5.40. The van der Waals surface area contributed by atoms with Crippen molar-refractivity contribution in [3.8, 4) is 11.4 Å². The molecule has 1 amide bonds. The first-order valence-electron chi connectivity index (χ1n) is 9.89. The minimum atomic E-state index is -0.102. The number of aromatic nitrogens is 6. The van der Waals surface area contributed by atoms with Crippen LogP contribution >= 0.6 is 0 Å². The fourth-order valence-corrected chi connectivity index (χ4v) is 4.01. The van der Waals surface area contributed by atoms with E-state index in [9.17, 15) is 4.79 Å². The minimum absolute atomic E-state index is 0.0771. The predicted octanol–water partition coefficient (Wildman–Crippen LogP) is 2.81. The maximum atomic E-state index is 13.2. The van der Waals surface area contributed by atoms with Gasteiger partial charge in [0, 0.05) is 12.7 Å². The zero-order chi connectivity index (χ0) is 20.5. The highest BCUT2D eigenvalue weighted by molar-refractivity contribution is 5.93. The molecular weight excluding hydrogens is 378 g/mol. The van der Waals surface area contributed by atoms with Gasteiger partial charge in [-0.25, -0.2) is 0 Å². The highest BCUT2D eigenvalue weighted by atomic mass is 16.2. The van der Waals surface area contributed by atoms with Gasteiger partial charge >= 0.3 is 0 Å². The highest BCUT2D eigenvalue weighted by Crippen LogP contribution is 2.26. The van der Waals surface area contributed by atoms with Gasteiger partial charge in [-0.3, -0.25) is 14.9 Å². The first kappa shape index (κ1) is 18.2. The molecule has 4 heterocycles. The van der Waals surface area contributed by atoms with Crippen molar-refractivity contribution in [3.05, 3.63) is 83.7 Å². The first-order valence-corrected chi connectivity index (χ1v) is 9.89. The average Bonchev–Trinajstić information content (AvgIpc) is 3.42. The lowest BCUT2D eigenvalue weighted by Gasteiger charge is -2.34. The van der Waals surface area contributed by atoms with E-state index >= 15 is 0 Å². The van der Waals surface area contributed by atoms with Crippen molar-refractivity contribution >= 4 is 5.91 Å². The molecular formula is C22H21N7O. The van der Waals surface area contributed by atoms with Crippen molar-refractivity contribution in [2.75, 3.05) is 6.54 Å². The summed E-state index contributed by atoms with van der Waals surface area (Å²) in [6, 6.07) is 17.7. The smallest absolute Gasteiger partial charge is 0.272 e. The molecule has 0 saturated heterocycles. The third-order valence-corrected chi connectivity index (χ3v) is 5.40. The van der Waals surface area contributed by atoms with Crippen molar-refractivity contribution in [3.63, 3.8) is 0 Å². The summed E-state index contributed by atoms with van der Waals surface area (Å²) < 4.78 is 2.16. The second-order valence-corrected chi connectivity index (χ2v) is 7.44. The Morgan fingerprint density at radius 1 is 1.10 bits per heavy atom. The molecule has 0 aliphatic carbocycles. The van der Waals surface area contributed by atoms with Gasteiger partial charge in [0.15, 0.2) is 5.82 Å². The van der Waals surface area contributed by atoms with E-state index in [1.807, 2.05) is 48.2 Å². The molecule has 0 bridgehead atoms. The number of rotatable bonds is 4. The van der Waals surface area contributed by atoms with Crippen molar-refractivity contribution in [1.29, 1.82) is 0 Å². The number of carbonyl (C=O) groups is 1. The monoisotopic (exact) mass is 399 g/mol. The topological polar surface area (TPSA) is 92.6 Å². The largest absolute Gasteiger partial charge is 0.328 e. The van der Waals surface area contributed by atoms with Crippen LogP contribution in [0, 0.1) is 6.92 Å². The van der Waals surface area contributed by atoms with Crippen LogP contribution in [0.15, 0.2) is 60.8 Å². The van der Waals surface area contributed by atoms with Crippen LogP contribution < -0.4 is 0 Å². The van der Waals surface area contributed by atoms with E-state index in [1.54, 1.807) is 12.3 Å². The van der Waals surface area contributed by atoms with Gasteiger partial charge in [-0.2, -0.15) is 5.10 Å². The number of aryl methyl sites for hydroxylation is 1. The summed E-state index contributed by atoms with van der Waals surface area (Å²) in [4.78, 5) is 19.3. The van der Waals surface area contributed by atoms with E-state index in [0.29, 0.717) is 24.5 Å². The van der Waals surface area contributed by atoms with Gasteiger partial charge in [-0.05, 0) is 37.1 Å². The van der Waals surface area contributed by atoms with E-state index in [1.165, 1.54) is 5.56 Å². The van der Waals surface area contributed by atoms with Crippen molar-refractivity contribution in [1.82, 2.24) is 34.8 Å². The molecule has 1 aliphatic heterocycles. The number of pyridine rings is 1. The van der Waals surface area contributed by atoms with Gasteiger partial charge in [-0.1, -0.05) is 36.4 Å². The first-order chi connectivity index (χ1) is 14.7. The molecule has 1 aromatic carbocycles. The van der Waals surface area contributed by atoms with Gasteiger partial charge < -0.3 is 9.47 Å². The Morgan fingerprint density at radius 2 is 1.93 bits per heavy atom. The molecule has 8 nitrogen and oxygen atoms in total. The van der Waals surface area contributed by atoms with Crippen LogP contribution in [0.4, 0.5) is 0 Å². The van der Waals surface area contributed by atoms with E-state index in [-0.39, 0.29) is 11.9 Å². The second-order valence-electron chi connectivity index (χ2n) is 7.44. The van der Waals surface area contributed by atoms with Gasteiger partial charge in [0.05, 0.1) is 18.3 Å². The molecule has 1 atom stereocenters. The summed E-state index contributed by atoms with van der Waals surface area (Å²) in [5.74, 6) is 1.57. The molecule has 1 aliphatic rings. The van der Waals surface area contributed by atoms with Crippen LogP contribution in [-0.4, -0.2) is 47.3 Å². The number of nitrogens with one attached hydrogen (secondary N) is 1. The van der Waals surface area contributed by atoms with Crippen LogP contribution in [0.2, 0.25) is 0 Å². The molecule has 4 aromatic rings. The Hall–Kier alpha value is -3.81. The number of hydrogen-bond acceptors (Lipinski definition) is 5. The second kappa shape index (κ2) is 7.55. The Bertz CT molecular complexity index is 1170. The number of fused-ring (bicyclic) bond motifs is 1. The van der Waals surface area contributed by atoms with Crippen molar-refractivity contribution < 1.29 is 4.79 Å².